The smallest absolute Gasteiger partial charge is 0.341 e. The first-order valence-corrected chi connectivity index (χ1v) is 9.13. The van der Waals surface area contributed by atoms with Crippen LogP contribution in [0.25, 0.3) is 6.08 Å². The number of hydrogen-bond acceptors (Lipinski definition) is 7. The second-order valence-electron chi connectivity index (χ2n) is 5.96. The molecule has 10 heteroatoms. The van der Waals surface area contributed by atoms with Crippen LogP contribution in [0.15, 0.2) is 52.4 Å². The number of benzene rings is 2. The third kappa shape index (κ3) is 5.20. The van der Waals surface area contributed by atoms with E-state index in [1.807, 2.05) is 0 Å². The maximum atomic E-state index is 12.2. The Balaban J connectivity index is 1.73. The first kappa shape index (κ1) is 20.1. The summed E-state index contributed by atoms with van der Waals surface area (Å²) < 4.78 is 5.07. The molecule has 1 heterocycles. The lowest BCUT2D eigenvalue weighted by Crippen LogP contribution is -2.19. The number of ether oxygens (including phenoxy) is 1. The van der Waals surface area contributed by atoms with E-state index in [1.54, 1.807) is 37.3 Å². The summed E-state index contributed by atoms with van der Waals surface area (Å²) in [5.41, 5.74) is 1.86. The van der Waals surface area contributed by atoms with Crippen LogP contribution in [0.4, 0.5) is 11.4 Å². The Bertz CT molecular complexity index is 1050. The molecule has 0 aromatic heterocycles. The Hall–Kier alpha value is -3.66. The van der Waals surface area contributed by atoms with Crippen molar-refractivity contribution in [3.63, 3.8) is 0 Å². The summed E-state index contributed by atoms with van der Waals surface area (Å²) in [7, 11) is 0. The monoisotopic (exact) mass is 413 g/mol. The van der Waals surface area contributed by atoms with Crippen molar-refractivity contribution < 1.29 is 24.4 Å². The number of amidine groups is 1. The lowest BCUT2D eigenvalue weighted by molar-refractivity contribution is -0.384. The fraction of sp³-hybridized carbons (Fsp3) is 0.105. The largest absolute Gasteiger partial charge is 0.482 e. The zero-order valence-electron chi connectivity index (χ0n) is 15.1. The average Bonchev–Trinajstić information content (AvgIpc) is 3.01. The molecule has 2 aromatic carbocycles. The third-order valence-electron chi connectivity index (χ3n) is 3.80. The number of hydrogen-bond donors (Lipinski definition) is 2. The molecule has 1 aliphatic rings. The van der Waals surface area contributed by atoms with E-state index in [0.717, 1.165) is 17.3 Å². The molecule has 0 unspecified atom stereocenters. The van der Waals surface area contributed by atoms with E-state index in [9.17, 15) is 19.7 Å². The summed E-state index contributed by atoms with van der Waals surface area (Å²) in [5, 5.41) is 22.5. The van der Waals surface area contributed by atoms with Crippen molar-refractivity contribution in [2.75, 3.05) is 6.61 Å². The number of nitrogens with zero attached hydrogens (tertiary/aromatic N) is 2. The van der Waals surface area contributed by atoms with Gasteiger partial charge in [-0.3, -0.25) is 14.9 Å². The van der Waals surface area contributed by atoms with Gasteiger partial charge in [0.2, 0.25) is 0 Å². The molecule has 3 rings (SSSR count). The Labute approximate surface area is 169 Å². The Kier molecular flexibility index (Phi) is 5.93. The molecule has 0 aliphatic carbocycles. The maximum Gasteiger partial charge on any atom is 0.341 e. The topological polar surface area (TPSA) is 131 Å². The van der Waals surface area contributed by atoms with E-state index >= 15 is 0 Å². The minimum Gasteiger partial charge on any atom is -0.482 e. The van der Waals surface area contributed by atoms with Crippen LogP contribution in [0.2, 0.25) is 0 Å². The number of aliphatic carboxylic acids is 1. The van der Waals surface area contributed by atoms with Crippen LogP contribution >= 0.6 is 11.8 Å². The average molecular weight is 413 g/mol. The highest BCUT2D eigenvalue weighted by Crippen LogP contribution is 2.30. The highest BCUT2D eigenvalue weighted by atomic mass is 32.2. The van der Waals surface area contributed by atoms with Crippen molar-refractivity contribution in [1.82, 2.24) is 5.32 Å². The molecule has 0 atom stereocenters. The normalized spacial score (nSPS) is 16.1. The number of amides is 1. The van der Waals surface area contributed by atoms with Gasteiger partial charge in [0.15, 0.2) is 11.8 Å². The summed E-state index contributed by atoms with van der Waals surface area (Å²) >= 11 is 1.15. The molecule has 0 spiro atoms. The van der Waals surface area contributed by atoms with Crippen LogP contribution in [0.1, 0.15) is 11.1 Å². The van der Waals surface area contributed by atoms with Gasteiger partial charge in [0.25, 0.3) is 11.6 Å². The Morgan fingerprint density at radius 1 is 1.31 bits per heavy atom. The summed E-state index contributed by atoms with van der Waals surface area (Å²) in [4.78, 5) is 37.8. The predicted molar refractivity (Wildman–Crippen MR) is 108 cm³/mol. The Morgan fingerprint density at radius 2 is 2.03 bits per heavy atom. The number of carbonyl (C=O) groups is 2. The first-order valence-electron chi connectivity index (χ1n) is 8.31. The van der Waals surface area contributed by atoms with Gasteiger partial charge in [-0.05, 0) is 54.1 Å². The quantitative estimate of drug-likeness (QED) is 0.422. The van der Waals surface area contributed by atoms with Gasteiger partial charge in [0, 0.05) is 12.1 Å². The standard InChI is InChI=1S/C19H15N3O6S/c1-11-8-13(22(26)27)4-7-15(11)20-19-21-18(25)16(29-19)9-12-2-5-14(6-3-12)28-10-17(23)24/h2-9H,10H2,1H3,(H,23,24)(H,20,21,25)/b16-9+. The fourth-order valence-corrected chi connectivity index (χ4v) is 3.26. The molecule has 1 fully saturated rings. The van der Waals surface area contributed by atoms with Gasteiger partial charge in [-0.1, -0.05) is 12.1 Å². The maximum absolute atomic E-state index is 12.2. The number of aryl methyl sites for hydroxylation is 1. The number of nitro benzene ring substituents is 1. The van der Waals surface area contributed by atoms with Gasteiger partial charge in [0.1, 0.15) is 5.75 Å². The minimum atomic E-state index is -1.06. The summed E-state index contributed by atoms with van der Waals surface area (Å²) in [6.07, 6.45) is 1.67. The van der Waals surface area contributed by atoms with Crippen molar-refractivity contribution in [2.45, 2.75) is 6.92 Å². The highest BCUT2D eigenvalue weighted by molar-refractivity contribution is 8.18. The molecule has 1 amide bonds. The van der Waals surface area contributed by atoms with Crippen molar-refractivity contribution in [3.8, 4) is 5.75 Å². The molecule has 0 saturated carbocycles. The molecule has 148 valence electrons. The van der Waals surface area contributed by atoms with Crippen LogP contribution < -0.4 is 10.1 Å². The second-order valence-corrected chi connectivity index (χ2v) is 6.99. The SMILES string of the molecule is Cc1cc([N+](=O)[O-])ccc1N=C1NC(=O)/C(=C\c2ccc(OCC(=O)O)cc2)S1. The lowest BCUT2D eigenvalue weighted by atomic mass is 10.2. The van der Waals surface area contributed by atoms with E-state index in [1.165, 1.54) is 18.2 Å². The summed E-state index contributed by atoms with van der Waals surface area (Å²) in [6, 6.07) is 10.9. The second kappa shape index (κ2) is 8.57. The van der Waals surface area contributed by atoms with Crippen molar-refractivity contribution in [1.29, 1.82) is 0 Å². The summed E-state index contributed by atoms with van der Waals surface area (Å²) in [6.45, 7) is 1.28. The van der Waals surface area contributed by atoms with E-state index < -0.39 is 17.5 Å². The van der Waals surface area contributed by atoms with Crippen molar-refractivity contribution in [3.05, 3.63) is 68.6 Å². The number of nitrogens with one attached hydrogen (secondary N) is 1. The molecule has 29 heavy (non-hydrogen) atoms. The predicted octanol–water partition coefficient (Wildman–Crippen LogP) is 3.26. The van der Waals surface area contributed by atoms with Crippen LogP contribution in [0.5, 0.6) is 5.75 Å². The number of carbonyl (C=O) groups excluding carboxylic acids is 1. The van der Waals surface area contributed by atoms with Crippen molar-refractivity contribution >= 4 is 46.3 Å². The van der Waals surface area contributed by atoms with Crippen molar-refractivity contribution in [2.24, 2.45) is 4.99 Å². The molecule has 2 aromatic rings. The van der Waals surface area contributed by atoms with Crippen LogP contribution in [-0.4, -0.2) is 33.7 Å². The highest BCUT2D eigenvalue weighted by Gasteiger charge is 2.24. The zero-order chi connectivity index (χ0) is 21.0. The van der Waals surface area contributed by atoms with E-state index in [0.29, 0.717) is 27.1 Å². The van der Waals surface area contributed by atoms with E-state index in [2.05, 4.69) is 10.3 Å². The lowest BCUT2D eigenvalue weighted by Gasteiger charge is -2.03. The van der Waals surface area contributed by atoms with Gasteiger partial charge < -0.3 is 15.2 Å². The van der Waals surface area contributed by atoms with E-state index in [4.69, 9.17) is 9.84 Å². The van der Waals surface area contributed by atoms with Gasteiger partial charge >= 0.3 is 5.97 Å². The number of carboxylic acid groups (broad SMARTS) is 1. The fourth-order valence-electron chi connectivity index (χ4n) is 2.43. The molecule has 0 radical (unpaired) electrons. The number of aliphatic imine (C=N–C) groups is 1. The molecule has 9 nitrogen and oxygen atoms in total. The number of nitro groups is 1. The number of carboxylic acids is 1. The molecule has 2 N–H and O–H groups in total. The minimum absolute atomic E-state index is 0.0223. The van der Waals surface area contributed by atoms with Gasteiger partial charge in [-0.2, -0.15) is 0 Å². The van der Waals surface area contributed by atoms with Crippen LogP contribution in [0, 0.1) is 17.0 Å². The van der Waals surface area contributed by atoms with Crippen LogP contribution in [-0.2, 0) is 9.59 Å². The number of rotatable bonds is 6. The van der Waals surface area contributed by atoms with Gasteiger partial charge in [0.05, 0.1) is 15.5 Å². The third-order valence-corrected chi connectivity index (χ3v) is 4.71. The van der Waals surface area contributed by atoms with Gasteiger partial charge in [-0.25, -0.2) is 9.79 Å². The molecular formula is C19H15N3O6S. The molecule has 1 aliphatic heterocycles. The molecule has 0 bridgehead atoms. The van der Waals surface area contributed by atoms with Gasteiger partial charge in [-0.15, -0.1) is 0 Å². The molecular weight excluding hydrogens is 398 g/mol. The number of thioether (sulfide) groups is 1. The van der Waals surface area contributed by atoms with E-state index in [-0.39, 0.29) is 11.6 Å². The Morgan fingerprint density at radius 3 is 2.66 bits per heavy atom. The first-order chi connectivity index (χ1) is 13.8. The number of non-ortho nitro benzene ring substituents is 1. The van der Waals surface area contributed by atoms with Crippen LogP contribution in [0.3, 0.4) is 0 Å². The zero-order valence-corrected chi connectivity index (χ0v) is 15.9. The molecule has 1 saturated heterocycles. The summed E-state index contributed by atoms with van der Waals surface area (Å²) in [5.74, 6) is -0.959.